The number of carbonyl (C=O) groups excluding carboxylic acids is 1. The fourth-order valence-electron chi connectivity index (χ4n) is 10.3. The number of methoxy groups -OCH3 is 1. The third-order valence-corrected chi connectivity index (χ3v) is 12.4. The van der Waals surface area contributed by atoms with Crippen molar-refractivity contribution in [3.8, 4) is 17.2 Å². The molecule has 0 bridgehead atoms. The molecule has 1 N–H and O–H groups in total. The standard InChI is InChI=1S/C33H45NO5/c1-32-12-9-21(35)16-20(32)5-6-22-23-7-8-25(33(23,2)13-10-24(22)32)27(36)17-26-29-19(11-14-34(26)3)15-28-30(31(29)37-4)39-18-38-28/h8,15,20-24,26,35H,5-7,9-14,16-18H2,1-4H3/t20-,21+,22+,23+,24-,26+,32-,33+/m0/s1. The normalized spacial score (nSPS) is 40.7. The number of fused-ring (bicyclic) bond motifs is 7. The van der Waals surface area contributed by atoms with E-state index in [4.69, 9.17) is 14.2 Å². The van der Waals surface area contributed by atoms with Crippen molar-refractivity contribution in [3.63, 3.8) is 0 Å². The minimum absolute atomic E-state index is 0.0231. The van der Waals surface area contributed by atoms with Crippen LogP contribution < -0.4 is 14.2 Å². The summed E-state index contributed by atoms with van der Waals surface area (Å²) in [6, 6.07) is 2.06. The van der Waals surface area contributed by atoms with E-state index < -0.39 is 0 Å². The molecule has 0 spiro atoms. The summed E-state index contributed by atoms with van der Waals surface area (Å²) in [4.78, 5) is 16.5. The molecule has 1 aromatic carbocycles. The molecule has 0 saturated heterocycles. The van der Waals surface area contributed by atoms with Gasteiger partial charge in [0, 0.05) is 24.6 Å². The van der Waals surface area contributed by atoms with Gasteiger partial charge in [0.1, 0.15) is 0 Å². The molecule has 6 heteroatoms. The highest BCUT2D eigenvalue weighted by atomic mass is 16.7. The molecule has 4 aliphatic carbocycles. The van der Waals surface area contributed by atoms with Gasteiger partial charge in [-0.1, -0.05) is 19.9 Å². The highest BCUT2D eigenvalue weighted by Crippen LogP contribution is 2.66. The summed E-state index contributed by atoms with van der Waals surface area (Å²) in [6.07, 6.45) is 12.6. The molecule has 2 aliphatic heterocycles. The van der Waals surface area contributed by atoms with E-state index in [0.29, 0.717) is 41.1 Å². The first-order chi connectivity index (χ1) is 18.7. The number of ether oxygens (including phenoxy) is 3. The van der Waals surface area contributed by atoms with Crippen molar-refractivity contribution in [1.82, 2.24) is 4.90 Å². The van der Waals surface area contributed by atoms with Crippen LogP contribution in [0.25, 0.3) is 0 Å². The number of likely N-dealkylation sites (N-methyl/N-ethyl adjacent to an activating group) is 1. The number of allylic oxidation sites excluding steroid dienone is 2. The summed E-state index contributed by atoms with van der Waals surface area (Å²) in [6.45, 7) is 6.06. The summed E-state index contributed by atoms with van der Waals surface area (Å²) < 4.78 is 17.4. The zero-order valence-corrected chi connectivity index (χ0v) is 24.1. The van der Waals surface area contributed by atoms with E-state index in [-0.39, 0.29) is 24.4 Å². The third kappa shape index (κ3) is 3.76. The Morgan fingerprint density at radius 1 is 1.15 bits per heavy atom. The Morgan fingerprint density at radius 2 is 2.00 bits per heavy atom. The van der Waals surface area contributed by atoms with Crippen LogP contribution in [-0.4, -0.2) is 49.4 Å². The van der Waals surface area contributed by atoms with Crippen LogP contribution in [0.4, 0.5) is 0 Å². The second-order valence-electron chi connectivity index (χ2n) is 14.0. The highest BCUT2D eigenvalue weighted by molar-refractivity contribution is 5.97. The maximum atomic E-state index is 14.2. The highest BCUT2D eigenvalue weighted by Gasteiger charge is 2.59. The number of rotatable bonds is 4. The van der Waals surface area contributed by atoms with E-state index in [1.54, 1.807) is 7.11 Å². The van der Waals surface area contributed by atoms with E-state index in [9.17, 15) is 9.90 Å². The summed E-state index contributed by atoms with van der Waals surface area (Å²) in [7, 11) is 3.82. The minimum Gasteiger partial charge on any atom is -0.492 e. The lowest BCUT2D eigenvalue weighted by Gasteiger charge is -2.60. The van der Waals surface area contributed by atoms with Crippen LogP contribution in [0.5, 0.6) is 17.2 Å². The maximum Gasteiger partial charge on any atom is 0.231 e. The van der Waals surface area contributed by atoms with Crippen molar-refractivity contribution in [2.45, 2.75) is 90.2 Å². The van der Waals surface area contributed by atoms with Crippen molar-refractivity contribution in [3.05, 3.63) is 28.8 Å². The number of hydrogen-bond donors (Lipinski definition) is 1. The molecular weight excluding hydrogens is 490 g/mol. The van der Waals surface area contributed by atoms with Crippen molar-refractivity contribution in [1.29, 1.82) is 0 Å². The molecule has 3 fully saturated rings. The molecule has 0 radical (unpaired) electrons. The summed E-state index contributed by atoms with van der Waals surface area (Å²) in [5, 5.41) is 10.4. The number of carbonyl (C=O) groups is 1. The first-order valence-electron chi connectivity index (χ1n) is 15.4. The first-order valence-corrected chi connectivity index (χ1v) is 15.4. The van der Waals surface area contributed by atoms with Gasteiger partial charge in [-0.05, 0) is 117 Å². The van der Waals surface area contributed by atoms with Crippen LogP contribution >= 0.6 is 0 Å². The largest absolute Gasteiger partial charge is 0.492 e. The lowest BCUT2D eigenvalue weighted by Crippen LogP contribution is -2.53. The number of Topliss-reactive ketones (excluding diaryl/α,β-unsaturated/α-hetero) is 1. The molecule has 7 rings (SSSR count). The summed E-state index contributed by atoms with van der Waals surface area (Å²) >= 11 is 0. The first kappa shape index (κ1) is 25.9. The quantitative estimate of drug-likeness (QED) is 0.522. The van der Waals surface area contributed by atoms with Gasteiger partial charge in [-0.25, -0.2) is 0 Å². The van der Waals surface area contributed by atoms with Crippen molar-refractivity contribution < 1.29 is 24.1 Å². The monoisotopic (exact) mass is 535 g/mol. The Balaban J connectivity index is 1.14. The van der Waals surface area contributed by atoms with Crippen LogP contribution in [-0.2, 0) is 11.2 Å². The van der Waals surface area contributed by atoms with Crippen LogP contribution in [0.3, 0.4) is 0 Å². The van der Waals surface area contributed by atoms with Gasteiger partial charge in [0.15, 0.2) is 17.3 Å². The molecule has 2 heterocycles. The number of benzene rings is 1. The van der Waals surface area contributed by atoms with Gasteiger partial charge >= 0.3 is 0 Å². The SMILES string of the molecule is COc1c2c(cc3c1[C@@H](CC(=O)C1=CC[C@@H]4[C@H]5CC[C@H]6C[C@H](O)CC[C@]6(C)[C@H]5CC[C@@]14C)N(C)CC3)OCO2. The van der Waals surface area contributed by atoms with Crippen LogP contribution in [0.2, 0.25) is 0 Å². The fraction of sp³-hybridized carbons (Fsp3) is 0.727. The fourth-order valence-corrected chi connectivity index (χ4v) is 10.3. The van der Waals surface area contributed by atoms with Gasteiger partial charge in [-0.15, -0.1) is 0 Å². The molecule has 212 valence electrons. The maximum absolute atomic E-state index is 14.2. The van der Waals surface area contributed by atoms with Gasteiger partial charge in [0.25, 0.3) is 0 Å². The summed E-state index contributed by atoms with van der Waals surface area (Å²) in [5.41, 5.74) is 3.73. The van der Waals surface area contributed by atoms with Crippen molar-refractivity contribution in [2.75, 3.05) is 27.5 Å². The number of nitrogens with zero attached hydrogens (tertiary/aromatic N) is 1. The van der Waals surface area contributed by atoms with Gasteiger partial charge in [-0.3, -0.25) is 9.69 Å². The van der Waals surface area contributed by atoms with E-state index >= 15 is 0 Å². The predicted octanol–water partition coefficient (Wildman–Crippen LogP) is 5.85. The molecule has 6 aliphatic rings. The molecule has 39 heavy (non-hydrogen) atoms. The molecule has 0 aromatic heterocycles. The Kier molecular flexibility index (Phi) is 6.13. The number of aliphatic hydroxyl groups is 1. The average Bonchev–Trinajstić information content (AvgIpc) is 3.53. The topological polar surface area (TPSA) is 68.2 Å². The lowest BCUT2D eigenvalue weighted by atomic mass is 9.44. The smallest absolute Gasteiger partial charge is 0.231 e. The van der Waals surface area contributed by atoms with E-state index in [1.165, 1.54) is 24.8 Å². The molecule has 3 saturated carbocycles. The van der Waals surface area contributed by atoms with Crippen LogP contribution in [0, 0.1) is 34.5 Å². The van der Waals surface area contributed by atoms with Crippen molar-refractivity contribution >= 4 is 5.78 Å². The molecular formula is C33H45NO5. The van der Waals surface area contributed by atoms with E-state index in [2.05, 4.69) is 37.9 Å². The van der Waals surface area contributed by atoms with Crippen LogP contribution in [0.1, 0.15) is 88.8 Å². The van der Waals surface area contributed by atoms with Gasteiger partial charge in [-0.2, -0.15) is 0 Å². The second-order valence-corrected chi connectivity index (χ2v) is 14.0. The molecule has 1 aromatic rings. The second kappa shape index (κ2) is 9.24. The molecule has 6 nitrogen and oxygen atoms in total. The Morgan fingerprint density at radius 3 is 2.82 bits per heavy atom. The molecule has 8 atom stereocenters. The lowest BCUT2D eigenvalue weighted by molar-refractivity contribution is -0.126. The minimum atomic E-state index is -0.104. The van der Waals surface area contributed by atoms with Gasteiger partial charge in [0.2, 0.25) is 12.5 Å². The zero-order chi connectivity index (χ0) is 27.1. The number of ketones is 1. The third-order valence-electron chi connectivity index (χ3n) is 12.4. The number of hydrogen-bond acceptors (Lipinski definition) is 6. The van der Waals surface area contributed by atoms with Crippen molar-refractivity contribution in [2.24, 2.45) is 34.5 Å². The van der Waals surface area contributed by atoms with Gasteiger partial charge in [0.05, 0.1) is 13.2 Å². The Hall–Kier alpha value is -2.05. The summed E-state index contributed by atoms with van der Waals surface area (Å²) in [5.74, 6) is 5.12. The predicted molar refractivity (Wildman–Crippen MR) is 149 cm³/mol. The van der Waals surface area contributed by atoms with E-state index in [0.717, 1.165) is 73.6 Å². The van der Waals surface area contributed by atoms with Gasteiger partial charge < -0.3 is 19.3 Å². The van der Waals surface area contributed by atoms with E-state index in [1.807, 2.05) is 0 Å². The average molecular weight is 536 g/mol. The Labute approximate surface area is 233 Å². The van der Waals surface area contributed by atoms with Crippen LogP contribution in [0.15, 0.2) is 17.7 Å². The zero-order valence-electron chi connectivity index (χ0n) is 24.1. The number of aliphatic hydroxyl groups excluding tert-OH is 1. The molecule has 0 amide bonds. The Bertz CT molecular complexity index is 1210. The molecule has 0 unspecified atom stereocenters.